The average molecular weight is 637 g/mol. The van der Waals surface area contributed by atoms with Crippen molar-refractivity contribution in [3.05, 3.63) is 194 Å². The number of para-hydroxylation sites is 2. The van der Waals surface area contributed by atoms with E-state index >= 15 is 0 Å². The quantitative estimate of drug-likeness (QED) is 0.178. The molecule has 2 heterocycles. The predicted octanol–water partition coefficient (Wildman–Crippen LogP) is 12.9. The SMILES string of the molecule is c1ccc(-c2ccc(-c3ccc(-n4c5cc(-c6ccccc6)ccc5c5cc6c(cc54)c4ccccc4n6-c4ccccc4)cc3)cc2)cc1. The van der Waals surface area contributed by atoms with Crippen molar-refractivity contribution in [2.75, 3.05) is 0 Å². The fraction of sp³-hybridized carbons (Fsp3) is 0. The van der Waals surface area contributed by atoms with Gasteiger partial charge < -0.3 is 9.13 Å². The molecule has 0 aliphatic heterocycles. The van der Waals surface area contributed by atoms with E-state index in [2.05, 4.69) is 203 Å². The van der Waals surface area contributed by atoms with Crippen molar-refractivity contribution in [2.45, 2.75) is 0 Å². The Morgan fingerprint density at radius 3 is 1.20 bits per heavy atom. The van der Waals surface area contributed by atoms with Crippen LogP contribution in [0.15, 0.2) is 194 Å². The van der Waals surface area contributed by atoms with Crippen LogP contribution in [0.2, 0.25) is 0 Å². The summed E-state index contributed by atoms with van der Waals surface area (Å²) in [5.41, 5.74) is 14.4. The van der Waals surface area contributed by atoms with Crippen LogP contribution in [0.4, 0.5) is 0 Å². The van der Waals surface area contributed by atoms with Gasteiger partial charge in [0.1, 0.15) is 0 Å². The maximum absolute atomic E-state index is 2.45. The fourth-order valence-electron chi connectivity index (χ4n) is 7.71. The summed E-state index contributed by atoms with van der Waals surface area (Å²) in [5.74, 6) is 0. The summed E-state index contributed by atoms with van der Waals surface area (Å²) in [6.45, 7) is 0. The highest BCUT2D eigenvalue weighted by atomic mass is 15.0. The van der Waals surface area contributed by atoms with Gasteiger partial charge in [0.05, 0.1) is 22.1 Å². The summed E-state index contributed by atoms with van der Waals surface area (Å²) in [6.07, 6.45) is 0. The smallest absolute Gasteiger partial charge is 0.0548 e. The first kappa shape index (κ1) is 28.4. The summed E-state index contributed by atoms with van der Waals surface area (Å²) in [6, 6.07) is 70.4. The second kappa shape index (κ2) is 11.5. The molecule has 0 amide bonds. The normalized spacial score (nSPS) is 11.6. The van der Waals surface area contributed by atoms with Gasteiger partial charge in [0.15, 0.2) is 0 Å². The largest absolute Gasteiger partial charge is 0.309 e. The second-order valence-corrected chi connectivity index (χ2v) is 13.0. The molecule has 2 nitrogen and oxygen atoms in total. The van der Waals surface area contributed by atoms with Crippen LogP contribution in [0.5, 0.6) is 0 Å². The fourth-order valence-corrected chi connectivity index (χ4v) is 7.71. The first-order chi connectivity index (χ1) is 24.8. The van der Waals surface area contributed by atoms with E-state index in [0.717, 1.165) is 5.69 Å². The molecular weight excluding hydrogens is 605 g/mol. The monoisotopic (exact) mass is 636 g/mol. The van der Waals surface area contributed by atoms with E-state index in [9.17, 15) is 0 Å². The molecule has 234 valence electrons. The van der Waals surface area contributed by atoms with E-state index in [0.29, 0.717) is 0 Å². The van der Waals surface area contributed by atoms with Gasteiger partial charge in [-0.3, -0.25) is 0 Å². The molecule has 2 aromatic heterocycles. The van der Waals surface area contributed by atoms with Gasteiger partial charge in [-0.1, -0.05) is 146 Å². The summed E-state index contributed by atoms with van der Waals surface area (Å²) >= 11 is 0. The van der Waals surface area contributed by atoms with Gasteiger partial charge >= 0.3 is 0 Å². The van der Waals surface area contributed by atoms with Crippen molar-refractivity contribution < 1.29 is 0 Å². The minimum atomic E-state index is 1.14. The number of benzene rings is 8. The van der Waals surface area contributed by atoms with E-state index in [4.69, 9.17) is 0 Å². The Kier molecular flexibility index (Phi) is 6.53. The molecule has 0 aliphatic carbocycles. The molecule has 0 aliphatic rings. The third-order valence-corrected chi connectivity index (χ3v) is 10.1. The zero-order valence-corrected chi connectivity index (χ0v) is 27.4. The van der Waals surface area contributed by atoms with Crippen molar-refractivity contribution in [1.29, 1.82) is 0 Å². The topological polar surface area (TPSA) is 9.86 Å². The van der Waals surface area contributed by atoms with E-state index in [1.807, 2.05) is 0 Å². The van der Waals surface area contributed by atoms with Gasteiger partial charge in [0.2, 0.25) is 0 Å². The molecule has 8 aromatic carbocycles. The number of hydrogen-bond acceptors (Lipinski definition) is 0. The lowest BCUT2D eigenvalue weighted by Crippen LogP contribution is -1.95. The summed E-state index contributed by atoms with van der Waals surface area (Å²) in [7, 11) is 0. The van der Waals surface area contributed by atoms with Crippen molar-refractivity contribution in [1.82, 2.24) is 9.13 Å². The molecule has 0 spiro atoms. The molecule has 0 fully saturated rings. The van der Waals surface area contributed by atoms with E-state index < -0.39 is 0 Å². The molecule has 50 heavy (non-hydrogen) atoms. The van der Waals surface area contributed by atoms with Gasteiger partial charge in [-0.2, -0.15) is 0 Å². The van der Waals surface area contributed by atoms with Crippen LogP contribution >= 0.6 is 0 Å². The molecule has 10 rings (SSSR count). The van der Waals surface area contributed by atoms with Crippen molar-refractivity contribution in [3.63, 3.8) is 0 Å². The first-order valence-corrected chi connectivity index (χ1v) is 17.2. The van der Waals surface area contributed by atoms with Crippen LogP contribution in [-0.4, -0.2) is 9.13 Å². The Hall–Kier alpha value is -6.64. The molecule has 0 bridgehead atoms. The highest BCUT2D eigenvalue weighted by Crippen LogP contribution is 2.41. The van der Waals surface area contributed by atoms with Gasteiger partial charge in [-0.15, -0.1) is 0 Å². The third kappa shape index (κ3) is 4.57. The Morgan fingerprint density at radius 1 is 0.220 bits per heavy atom. The molecule has 0 unspecified atom stereocenters. The van der Waals surface area contributed by atoms with Gasteiger partial charge in [0.25, 0.3) is 0 Å². The highest BCUT2D eigenvalue weighted by Gasteiger charge is 2.19. The lowest BCUT2D eigenvalue weighted by atomic mass is 10.0. The first-order valence-electron chi connectivity index (χ1n) is 17.2. The number of aromatic nitrogens is 2. The average Bonchev–Trinajstić information content (AvgIpc) is 3.69. The van der Waals surface area contributed by atoms with Crippen molar-refractivity contribution >= 4 is 43.6 Å². The number of hydrogen-bond donors (Lipinski definition) is 0. The minimum Gasteiger partial charge on any atom is -0.309 e. The van der Waals surface area contributed by atoms with Crippen LogP contribution in [0.25, 0.3) is 88.4 Å². The number of rotatable bonds is 5. The maximum Gasteiger partial charge on any atom is 0.0548 e. The lowest BCUT2D eigenvalue weighted by Gasteiger charge is -2.11. The lowest BCUT2D eigenvalue weighted by molar-refractivity contribution is 1.17. The highest BCUT2D eigenvalue weighted by molar-refractivity contribution is 6.19. The molecule has 0 saturated carbocycles. The predicted molar refractivity (Wildman–Crippen MR) is 211 cm³/mol. The van der Waals surface area contributed by atoms with Crippen LogP contribution in [0, 0.1) is 0 Å². The van der Waals surface area contributed by atoms with E-state index in [1.54, 1.807) is 0 Å². The Balaban J connectivity index is 1.19. The maximum atomic E-state index is 2.45. The van der Waals surface area contributed by atoms with E-state index in [1.165, 1.54) is 82.7 Å². The zero-order chi connectivity index (χ0) is 33.0. The van der Waals surface area contributed by atoms with Gasteiger partial charge in [-0.25, -0.2) is 0 Å². The summed E-state index contributed by atoms with van der Waals surface area (Å²) < 4.78 is 4.86. The molecule has 0 N–H and O–H groups in total. The molecule has 0 atom stereocenters. The van der Waals surface area contributed by atoms with Crippen LogP contribution in [-0.2, 0) is 0 Å². The van der Waals surface area contributed by atoms with Crippen molar-refractivity contribution in [3.8, 4) is 44.8 Å². The van der Waals surface area contributed by atoms with Gasteiger partial charge in [0, 0.05) is 32.9 Å². The molecular formula is C48H32N2. The molecule has 2 heteroatoms. The summed E-state index contributed by atoms with van der Waals surface area (Å²) in [5, 5.41) is 4.99. The Morgan fingerprint density at radius 2 is 0.600 bits per heavy atom. The Labute approximate surface area is 290 Å². The Bertz CT molecular complexity index is 2810. The minimum absolute atomic E-state index is 1.14. The number of nitrogens with zero attached hydrogens (tertiary/aromatic N) is 2. The van der Waals surface area contributed by atoms with Crippen LogP contribution in [0.1, 0.15) is 0 Å². The van der Waals surface area contributed by atoms with Crippen LogP contribution in [0.3, 0.4) is 0 Å². The standard InChI is InChI=1S/C48H32N2/c1-4-12-33(13-5-1)35-20-22-36(23-21-35)37-24-27-40(28-25-37)50-46-30-38(34-14-6-2-7-15-34)26-29-42(46)44-32-47-43(31-48(44)50)41-18-10-11-19-45(41)49(47)39-16-8-3-9-17-39/h1-32H. The number of fused-ring (bicyclic) bond motifs is 6. The molecule has 0 saturated heterocycles. The van der Waals surface area contributed by atoms with E-state index in [-0.39, 0.29) is 0 Å². The molecule has 0 radical (unpaired) electrons. The van der Waals surface area contributed by atoms with Crippen molar-refractivity contribution in [2.24, 2.45) is 0 Å². The van der Waals surface area contributed by atoms with Crippen LogP contribution < -0.4 is 0 Å². The van der Waals surface area contributed by atoms with Gasteiger partial charge in [-0.05, 0) is 81.9 Å². The summed E-state index contributed by atoms with van der Waals surface area (Å²) in [4.78, 5) is 0. The third-order valence-electron chi connectivity index (χ3n) is 10.1. The second-order valence-electron chi connectivity index (χ2n) is 13.0. The zero-order valence-electron chi connectivity index (χ0n) is 27.4. The molecule has 10 aromatic rings.